The van der Waals surface area contributed by atoms with Crippen molar-refractivity contribution in [1.82, 2.24) is 9.97 Å². The number of halogens is 1. The van der Waals surface area contributed by atoms with Crippen LogP contribution in [-0.4, -0.2) is 27.5 Å². The molecule has 2 unspecified atom stereocenters. The number of primary amides is 1. The van der Waals surface area contributed by atoms with Gasteiger partial charge >= 0.3 is 5.97 Å². The molecule has 4 aliphatic rings. The summed E-state index contributed by atoms with van der Waals surface area (Å²) < 4.78 is 20.2. The van der Waals surface area contributed by atoms with Crippen LogP contribution in [0.2, 0.25) is 0 Å². The van der Waals surface area contributed by atoms with Gasteiger partial charge in [0.05, 0.1) is 11.7 Å². The molecule has 0 saturated heterocycles. The van der Waals surface area contributed by atoms with Crippen molar-refractivity contribution in [3.05, 3.63) is 12.0 Å². The number of aromatic nitrogens is 2. The van der Waals surface area contributed by atoms with Gasteiger partial charge in [-0.05, 0) is 50.4 Å². The third kappa shape index (κ3) is 1.94. The smallest absolute Gasteiger partial charge is 0.319 e. The SMILES string of the molecule is NC(=O)c1[nH]cnc1OC(=O)C12C[C@@H]3C[C@@H](CC(F)(C3)C1)C2. The quantitative estimate of drug-likeness (QED) is 0.831. The van der Waals surface area contributed by atoms with Crippen molar-refractivity contribution in [2.45, 2.75) is 44.2 Å². The summed E-state index contributed by atoms with van der Waals surface area (Å²) in [6.07, 6.45) is 4.95. The lowest BCUT2D eigenvalue weighted by molar-refractivity contribution is -0.174. The average molecular weight is 307 g/mol. The molecule has 4 aliphatic carbocycles. The maximum atomic E-state index is 14.9. The molecular weight excluding hydrogens is 289 g/mol. The molecule has 4 bridgehead atoms. The largest absolute Gasteiger partial charge is 0.404 e. The molecule has 0 spiro atoms. The molecule has 22 heavy (non-hydrogen) atoms. The molecule has 0 aliphatic heterocycles. The molecule has 118 valence electrons. The van der Waals surface area contributed by atoms with Crippen molar-refractivity contribution in [3.63, 3.8) is 0 Å². The van der Waals surface area contributed by atoms with Crippen LogP contribution in [0.3, 0.4) is 0 Å². The zero-order valence-corrected chi connectivity index (χ0v) is 12.1. The van der Waals surface area contributed by atoms with Gasteiger partial charge in [0.15, 0.2) is 5.69 Å². The predicted molar refractivity (Wildman–Crippen MR) is 73.7 cm³/mol. The number of nitrogens with zero attached hydrogens (tertiary/aromatic N) is 1. The molecule has 0 radical (unpaired) electrons. The molecule has 1 aromatic heterocycles. The molecule has 3 N–H and O–H groups in total. The van der Waals surface area contributed by atoms with Crippen molar-refractivity contribution in [1.29, 1.82) is 0 Å². The fourth-order valence-corrected chi connectivity index (χ4v) is 5.12. The lowest BCUT2D eigenvalue weighted by atomic mass is 9.48. The maximum absolute atomic E-state index is 14.9. The van der Waals surface area contributed by atoms with Gasteiger partial charge in [0, 0.05) is 0 Å². The Labute approximate surface area is 126 Å². The summed E-state index contributed by atoms with van der Waals surface area (Å²) in [6.45, 7) is 0. The fourth-order valence-electron chi connectivity index (χ4n) is 5.12. The summed E-state index contributed by atoms with van der Waals surface area (Å²) in [6, 6.07) is 0. The van der Waals surface area contributed by atoms with E-state index >= 15 is 0 Å². The molecular formula is C15H18FN3O3. The highest BCUT2D eigenvalue weighted by Crippen LogP contribution is 2.63. The Balaban J connectivity index is 1.60. The molecule has 4 saturated carbocycles. The molecule has 0 aromatic carbocycles. The highest BCUT2D eigenvalue weighted by Gasteiger charge is 2.62. The van der Waals surface area contributed by atoms with Crippen LogP contribution in [0, 0.1) is 17.3 Å². The lowest BCUT2D eigenvalue weighted by Crippen LogP contribution is -2.57. The Hall–Kier alpha value is -1.92. The van der Waals surface area contributed by atoms with Crippen LogP contribution in [0.5, 0.6) is 5.88 Å². The van der Waals surface area contributed by atoms with E-state index in [2.05, 4.69) is 9.97 Å². The summed E-state index contributed by atoms with van der Waals surface area (Å²) in [5.41, 5.74) is 3.16. The predicted octanol–water partition coefficient (Wildman–Crippen LogP) is 1.72. The summed E-state index contributed by atoms with van der Waals surface area (Å²) in [7, 11) is 0. The van der Waals surface area contributed by atoms with Gasteiger partial charge in [0.1, 0.15) is 5.67 Å². The van der Waals surface area contributed by atoms with E-state index in [1.165, 1.54) is 6.33 Å². The lowest BCUT2D eigenvalue weighted by Gasteiger charge is -2.57. The number of hydrogen-bond donors (Lipinski definition) is 2. The Bertz CT molecular complexity index is 642. The molecule has 1 heterocycles. The Morgan fingerprint density at radius 2 is 2.00 bits per heavy atom. The van der Waals surface area contributed by atoms with E-state index in [1.807, 2.05) is 0 Å². The number of H-pyrrole nitrogens is 1. The fraction of sp³-hybridized carbons (Fsp3) is 0.667. The van der Waals surface area contributed by atoms with E-state index in [4.69, 9.17) is 10.5 Å². The Morgan fingerprint density at radius 1 is 1.32 bits per heavy atom. The Kier molecular flexibility index (Phi) is 2.68. The van der Waals surface area contributed by atoms with Gasteiger partial charge in [-0.2, -0.15) is 0 Å². The normalized spacial score (nSPS) is 39.0. The third-order valence-electron chi connectivity index (χ3n) is 5.46. The van der Waals surface area contributed by atoms with Crippen molar-refractivity contribution in [3.8, 4) is 5.88 Å². The monoisotopic (exact) mass is 307 g/mol. The number of imidazole rings is 1. The van der Waals surface area contributed by atoms with Gasteiger partial charge in [-0.1, -0.05) is 0 Å². The van der Waals surface area contributed by atoms with E-state index in [1.54, 1.807) is 0 Å². The minimum absolute atomic E-state index is 0.0342. The van der Waals surface area contributed by atoms with Gasteiger partial charge in [-0.3, -0.25) is 9.59 Å². The summed E-state index contributed by atoms with van der Waals surface area (Å²) in [4.78, 5) is 30.3. The number of hydrogen-bond acceptors (Lipinski definition) is 4. The number of esters is 1. The highest BCUT2D eigenvalue weighted by molar-refractivity contribution is 5.94. The molecule has 5 rings (SSSR count). The van der Waals surface area contributed by atoms with Crippen LogP contribution in [0.15, 0.2) is 6.33 Å². The first-order valence-corrected chi connectivity index (χ1v) is 7.64. The summed E-state index contributed by atoms with van der Waals surface area (Å²) in [5.74, 6) is -0.811. The number of rotatable bonds is 3. The number of amides is 1. The second kappa shape index (κ2) is 4.30. The second-order valence-electron chi connectivity index (χ2n) is 7.23. The van der Waals surface area contributed by atoms with E-state index in [0.29, 0.717) is 25.7 Å². The first kappa shape index (κ1) is 13.7. The zero-order chi connectivity index (χ0) is 15.5. The number of alkyl halides is 1. The van der Waals surface area contributed by atoms with Crippen LogP contribution in [0.4, 0.5) is 4.39 Å². The summed E-state index contributed by atoms with van der Waals surface area (Å²) >= 11 is 0. The van der Waals surface area contributed by atoms with E-state index in [0.717, 1.165) is 6.42 Å². The van der Waals surface area contributed by atoms with E-state index in [-0.39, 0.29) is 29.8 Å². The minimum Gasteiger partial charge on any atom is -0.404 e. The van der Waals surface area contributed by atoms with Gasteiger partial charge in [0.25, 0.3) is 11.8 Å². The first-order chi connectivity index (χ1) is 10.4. The van der Waals surface area contributed by atoms with Gasteiger partial charge < -0.3 is 15.5 Å². The number of carbonyl (C=O) groups is 2. The van der Waals surface area contributed by atoms with E-state index in [9.17, 15) is 14.0 Å². The van der Waals surface area contributed by atoms with Crippen LogP contribution in [0.1, 0.15) is 49.0 Å². The van der Waals surface area contributed by atoms with Crippen LogP contribution < -0.4 is 10.5 Å². The number of carbonyl (C=O) groups excluding carboxylic acids is 2. The van der Waals surface area contributed by atoms with Crippen molar-refractivity contribution in [2.75, 3.05) is 0 Å². The average Bonchev–Trinajstić information content (AvgIpc) is 2.84. The number of aromatic amines is 1. The first-order valence-electron chi connectivity index (χ1n) is 7.64. The molecule has 4 atom stereocenters. The third-order valence-corrected chi connectivity index (χ3v) is 5.46. The van der Waals surface area contributed by atoms with Crippen LogP contribution in [0.25, 0.3) is 0 Å². The molecule has 7 heteroatoms. The minimum atomic E-state index is -1.23. The Morgan fingerprint density at radius 3 is 2.59 bits per heavy atom. The van der Waals surface area contributed by atoms with Crippen LogP contribution >= 0.6 is 0 Å². The molecule has 6 nitrogen and oxygen atoms in total. The van der Waals surface area contributed by atoms with Gasteiger partial charge in [-0.25, -0.2) is 9.37 Å². The molecule has 1 aromatic rings. The van der Waals surface area contributed by atoms with Crippen LogP contribution in [-0.2, 0) is 4.79 Å². The maximum Gasteiger partial charge on any atom is 0.319 e. The number of ether oxygens (including phenoxy) is 1. The highest BCUT2D eigenvalue weighted by atomic mass is 19.1. The van der Waals surface area contributed by atoms with Gasteiger partial charge in [-0.15, -0.1) is 0 Å². The molecule has 4 fully saturated rings. The topological polar surface area (TPSA) is 98.1 Å². The number of nitrogens with two attached hydrogens (primary N) is 1. The van der Waals surface area contributed by atoms with Crippen molar-refractivity contribution < 1.29 is 18.7 Å². The number of nitrogens with one attached hydrogen (secondary N) is 1. The summed E-state index contributed by atoms with van der Waals surface area (Å²) in [5, 5.41) is 0. The molecule has 1 amide bonds. The van der Waals surface area contributed by atoms with Gasteiger partial charge in [0.2, 0.25) is 0 Å². The van der Waals surface area contributed by atoms with E-state index < -0.39 is 23.0 Å². The van der Waals surface area contributed by atoms with Crippen molar-refractivity contribution >= 4 is 11.9 Å². The standard InChI is InChI=1S/C15H18FN3O3/c16-15-4-8-1-9(5-15)3-14(2-8,6-15)13(21)22-12-10(11(17)20)18-7-19-12/h7-9H,1-6H2,(H2,17,20)(H,18,19)/t8-,9+,14?,15?. The van der Waals surface area contributed by atoms with Crippen molar-refractivity contribution in [2.24, 2.45) is 23.0 Å². The zero-order valence-electron chi connectivity index (χ0n) is 12.1. The second-order valence-corrected chi connectivity index (χ2v) is 7.23.